The summed E-state index contributed by atoms with van der Waals surface area (Å²) in [6, 6.07) is 14.0. The summed E-state index contributed by atoms with van der Waals surface area (Å²) in [5.41, 5.74) is 3.42. The molecule has 78 heavy (non-hydrogen) atoms. The Bertz CT molecular complexity index is 2780. The fraction of sp³-hybridized carbons (Fsp3) is 0.345. The van der Waals surface area contributed by atoms with Gasteiger partial charge in [-0.05, 0) is 131 Å². The van der Waals surface area contributed by atoms with E-state index in [1.165, 1.54) is 42.7 Å². The smallest absolute Gasteiger partial charge is 0.357 e. The van der Waals surface area contributed by atoms with Crippen LogP contribution in [0.3, 0.4) is 0 Å². The summed E-state index contributed by atoms with van der Waals surface area (Å²) in [4.78, 5) is 48.7. The van der Waals surface area contributed by atoms with Crippen LogP contribution in [-0.2, 0) is 33.5 Å². The van der Waals surface area contributed by atoms with Crippen molar-refractivity contribution in [2.75, 3.05) is 45.9 Å². The fourth-order valence-corrected chi connectivity index (χ4v) is 8.39. The van der Waals surface area contributed by atoms with Crippen LogP contribution < -0.4 is 14.2 Å². The zero-order valence-electron chi connectivity index (χ0n) is 42.6. The highest BCUT2D eigenvalue weighted by Gasteiger charge is 2.30. The number of fused-ring (bicyclic) bond motifs is 3. The van der Waals surface area contributed by atoms with Crippen molar-refractivity contribution < 1.29 is 88.4 Å². The molecule has 0 radical (unpaired) electrons. The summed E-state index contributed by atoms with van der Waals surface area (Å²) in [5, 5.41) is 27.9. The third kappa shape index (κ3) is 14.8. The first-order valence-corrected chi connectivity index (χ1v) is 25.6. The number of halogens is 7. The standard InChI is InChI=1S/3C18H17F2NO4.CH3FS/c3*1-2-24-18(23)16-8-14(12-5-3-10(19)7-15(12)20)13-6-4-11(9-22)25-17(13)21-16;1-3-2/h3*3,5,7-8,11,22H,2,4,6,9H2,1H3;1H3/t2*11-;;/m10../s1. The Kier molecular flexibility index (Phi) is 21.8. The molecule has 23 heteroatoms. The number of aliphatic hydroxyl groups excluding tert-OH is 3. The predicted molar refractivity (Wildman–Crippen MR) is 271 cm³/mol. The number of ether oxygens (including phenoxy) is 6. The van der Waals surface area contributed by atoms with E-state index < -0.39 is 71.1 Å². The maximum absolute atomic E-state index is 14.3. The van der Waals surface area contributed by atoms with E-state index in [9.17, 15) is 59.9 Å². The molecule has 9 rings (SSSR count). The zero-order valence-corrected chi connectivity index (χ0v) is 43.4. The molecule has 3 aliphatic heterocycles. The lowest BCUT2D eigenvalue weighted by Crippen LogP contribution is -2.27. The normalized spacial score (nSPS) is 15.7. The SMILES string of the molecule is CCOC(=O)c1cc(-c2ccc(F)cc2F)c2c(n1)OC(CO)CC2.CCOC(=O)c1cc(-c2ccc(F)cc2F)c2c(n1)O[C@@H](CO)CC2.CCOC(=O)c1cc(-c2ccc(F)cc2F)c2c(n1)O[C@H](CO)CC2.CSF. The summed E-state index contributed by atoms with van der Waals surface area (Å²) < 4.78 is 124. The maximum Gasteiger partial charge on any atom is 0.357 e. The number of hydrogen-bond donors (Lipinski definition) is 3. The van der Waals surface area contributed by atoms with E-state index >= 15 is 0 Å². The van der Waals surface area contributed by atoms with Gasteiger partial charge in [0, 0.05) is 70.0 Å². The number of aliphatic hydroxyl groups is 3. The lowest BCUT2D eigenvalue weighted by atomic mass is 9.94. The Morgan fingerprint density at radius 2 is 0.744 bits per heavy atom. The van der Waals surface area contributed by atoms with Crippen LogP contribution in [-0.4, -0.2) is 112 Å². The third-order valence-corrected chi connectivity index (χ3v) is 12.0. The minimum Gasteiger partial charge on any atom is -0.472 e. The number of carbonyl (C=O) groups excluding carboxylic acids is 3. The van der Waals surface area contributed by atoms with Gasteiger partial charge >= 0.3 is 17.9 Å². The van der Waals surface area contributed by atoms with Gasteiger partial charge in [-0.3, -0.25) is 0 Å². The molecule has 3 atom stereocenters. The molecule has 0 saturated carbocycles. The number of pyridine rings is 3. The van der Waals surface area contributed by atoms with Crippen LogP contribution >= 0.6 is 12.1 Å². The molecular formula is C55H54F7N3O12S. The maximum atomic E-state index is 14.3. The van der Waals surface area contributed by atoms with Gasteiger partial charge in [0.05, 0.1) is 39.6 Å². The summed E-state index contributed by atoms with van der Waals surface area (Å²) >= 11 is 0.250. The van der Waals surface area contributed by atoms with Crippen LogP contribution in [0.1, 0.15) is 88.2 Å². The van der Waals surface area contributed by atoms with Gasteiger partial charge in [0.15, 0.2) is 17.1 Å². The highest BCUT2D eigenvalue weighted by Crippen LogP contribution is 2.40. The third-order valence-electron chi connectivity index (χ3n) is 12.0. The molecule has 0 saturated heterocycles. The summed E-state index contributed by atoms with van der Waals surface area (Å²) in [6.07, 6.45) is 3.10. The van der Waals surface area contributed by atoms with Crippen molar-refractivity contribution in [1.82, 2.24) is 15.0 Å². The summed E-state index contributed by atoms with van der Waals surface area (Å²) in [5.74, 6) is -5.80. The van der Waals surface area contributed by atoms with Crippen molar-refractivity contribution in [1.29, 1.82) is 0 Å². The van der Waals surface area contributed by atoms with Crippen LogP contribution in [0.5, 0.6) is 17.6 Å². The molecule has 1 unspecified atom stereocenters. The van der Waals surface area contributed by atoms with Crippen molar-refractivity contribution in [2.24, 2.45) is 0 Å². The topological polar surface area (TPSA) is 206 Å². The molecule has 15 nitrogen and oxygen atoms in total. The number of nitrogens with zero attached hydrogens (tertiary/aromatic N) is 3. The van der Waals surface area contributed by atoms with E-state index in [0.29, 0.717) is 71.9 Å². The summed E-state index contributed by atoms with van der Waals surface area (Å²) in [6.45, 7) is 4.91. The van der Waals surface area contributed by atoms with Gasteiger partial charge in [-0.15, -0.1) is 0 Å². The number of esters is 3. The zero-order chi connectivity index (χ0) is 56.6. The lowest BCUT2D eigenvalue weighted by molar-refractivity contribution is 0.0505. The van der Waals surface area contributed by atoms with E-state index in [1.54, 1.807) is 20.8 Å². The average Bonchev–Trinajstić information content (AvgIpc) is 3.43. The molecule has 0 spiro atoms. The Morgan fingerprint density at radius 1 is 0.487 bits per heavy atom. The Balaban J connectivity index is 0.000000184. The number of benzene rings is 3. The van der Waals surface area contributed by atoms with Gasteiger partial charge < -0.3 is 43.7 Å². The van der Waals surface area contributed by atoms with Crippen LogP contribution in [0.15, 0.2) is 72.8 Å². The van der Waals surface area contributed by atoms with Gasteiger partial charge in [0.1, 0.15) is 53.2 Å². The molecular weight excluding hydrogens is 1060 g/mol. The molecule has 3 aliphatic rings. The number of carbonyl (C=O) groups is 3. The minimum absolute atomic E-state index is 0.0297. The Morgan fingerprint density at radius 3 is 0.962 bits per heavy atom. The van der Waals surface area contributed by atoms with Gasteiger partial charge in [-0.1, -0.05) is 0 Å². The van der Waals surface area contributed by atoms with E-state index in [4.69, 9.17) is 28.4 Å². The first kappa shape index (κ1) is 59.9. The highest BCUT2D eigenvalue weighted by molar-refractivity contribution is 7.93. The Hall–Kier alpha value is -7.34. The van der Waals surface area contributed by atoms with E-state index in [2.05, 4.69) is 15.0 Å². The minimum atomic E-state index is -0.743. The Labute approximate surface area is 448 Å². The second kappa shape index (κ2) is 28.3. The lowest BCUT2D eigenvalue weighted by Gasteiger charge is -2.26. The second-order valence-electron chi connectivity index (χ2n) is 17.1. The van der Waals surface area contributed by atoms with Gasteiger partial charge in [0.2, 0.25) is 17.6 Å². The summed E-state index contributed by atoms with van der Waals surface area (Å²) in [7, 11) is 0. The van der Waals surface area contributed by atoms with E-state index in [1.807, 2.05) is 0 Å². The van der Waals surface area contributed by atoms with Crippen molar-refractivity contribution >= 4 is 30.1 Å². The average molecular weight is 1110 g/mol. The number of hydrogen-bond acceptors (Lipinski definition) is 16. The molecule has 3 aromatic carbocycles. The second-order valence-corrected chi connectivity index (χ2v) is 17.4. The first-order chi connectivity index (χ1) is 37.5. The molecule has 0 bridgehead atoms. The number of rotatable bonds is 12. The number of aromatic nitrogens is 3. The highest BCUT2D eigenvalue weighted by atomic mass is 32.2. The molecule has 6 aromatic rings. The molecule has 3 aromatic heterocycles. The molecule has 6 heterocycles. The monoisotopic (exact) mass is 1110 g/mol. The van der Waals surface area contributed by atoms with Crippen LogP contribution in [0, 0.1) is 34.9 Å². The van der Waals surface area contributed by atoms with Gasteiger partial charge in [0.25, 0.3) is 0 Å². The fourth-order valence-electron chi connectivity index (χ4n) is 8.39. The van der Waals surface area contributed by atoms with E-state index in [-0.39, 0.29) is 103 Å². The predicted octanol–water partition coefficient (Wildman–Crippen LogP) is 9.90. The molecule has 416 valence electrons. The quantitative estimate of drug-likeness (QED) is 0.0592. The first-order valence-electron chi connectivity index (χ1n) is 24.5. The van der Waals surface area contributed by atoms with Crippen LogP contribution in [0.2, 0.25) is 0 Å². The van der Waals surface area contributed by atoms with E-state index in [0.717, 1.165) is 36.4 Å². The molecule has 0 fully saturated rings. The molecule has 3 N–H and O–H groups in total. The van der Waals surface area contributed by atoms with Crippen molar-refractivity contribution in [3.63, 3.8) is 0 Å². The van der Waals surface area contributed by atoms with Crippen molar-refractivity contribution in [3.8, 4) is 51.0 Å². The molecule has 0 aliphatic carbocycles. The largest absolute Gasteiger partial charge is 0.472 e. The van der Waals surface area contributed by atoms with Crippen LogP contribution in [0.25, 0.3) is 33.4 Å². The molecule has 0 amide bonds. The van der Waals surface area contributed by atoms with Gasteiger partial charge in [-0.2, -0.15) is 3.89 Å². The van der Waals surface area contributed by atoms with Gasteiger partial charge in [-0.25, -0.2) is 55.7 Å². The van der Waals surface area contributed by atoms with Crippen molar-refractivity contribution in [2.45, 2.75) is 77.6 Å². The van der Waals surface area contributed by atoms with Crippen molar-refractivity contribution in [3.05, 3.63) is 141 Å². The van der Waals surface area contributed by atoms with Crippen LogP contribution in [0.4, 0.5) is 30.2 Å².